The van der Waals surface area contributed by atoms with Crippen molar-refractivity contribution in [3.8, 4) is 0 Å². The van der Waals surface area contributed by atoms with E-state index in [-0.39, 0.29) is 24.1 Å². The largest absolute Gasteiger partial charge is 0.444 e. The lowest BCUT2D eigenvalue weighted by atomic mass is 9.97. The second-order valence-corrected chi connectivity index (χ2v) is 6.66. The predicted octanol–water partition coefficient (Wildman–Crippen LogP) is 4.26. The van der Waals surface area contributed by atoms with Gasteiger partial charge in [-0.2, -0.15) is 0 Å². The summed E-state index contributed by atoms with van der Waals surface area (Å²) in [6, 6.07) is 4.05. The van der Waals surface area contributed by atoms with E-state index in [1.54, 1.807) is 20.8 Å². The Labute approximate surface area is 137 Å². The summed E-state index contributed by atoms with van der Waals surface area (Å²) in [6.07, 6.45) is 0.895. The van der Waals surface area contributed by atoms with Crippen LogP contribution in [0.25, 0.3) is 0 Å². The maximum absolute atomic E-state index is 13.2. The maximum atomic E-state index is 13.2. The molecular formula is C18H26FNO3. The van der Waals surface area contributed by atoms with Crippen LogP contribution in [0.4, 0.5) is 9.18 Å². The summed E-state index contributed by atoms with van der Waals surface area (Å²) in [5.74, 6) is -0.377. The van der Waals surface area contributed by atoms with Gasteiger partial charge in [-0.05, 0) is 64.3 Å². The van der Waals surface area contributed by atoms with Gasteiger partial charge in [0.25, 0.3) is 0 Å². The summed E-state index contributed by atoms with van der Waals surface area (Å²) in [5.41, 5.74) is 0.713. The number of rotatable bonds is 6. The number of halogens is 1. The Morgan fingerprint density at radius 2 is 1.96 bits per heavy atom. The van der Waals surface area contributed by atoms with Crippen molar-refractivity contribution < 1.29 is 18.7 Å². The minimum Gasteiger partial charge on any atom is -0.444 e. The van der Waals surface area contributed by atoms with E-state index in [2.05, 4.69) is 5.32 Å². The first-order chi connectivity index (χ1) is 10.6. The van der Waals surface area contributed by atoms with Crippen molar-refractivity contribution in [3.05, 3.63) is 35.1 Å². The molecule has 128 valence electrons. The number of ketones is 1. The van der Waals surface area contributed by atoms with Gasteiger partial charge in [-0.15, -0.1) is 0 Å². The summed E-state index contributed by atoms with van der Waals surface area (Å²) < 4.78 is 18.4. The fraction of sp³-hybridized carbons (Fsp3) is 0.556. The van der Waals surface area contributed by atoms with Gasteiger partial charge in [-0.25, -0.2) is 9.18 Å². The van der Waals surface area contributed by atoms with Crippen LogP contribution in [-0.4, -0.2) is 23.5 Å². The first kappa shape index (κ1) is 19.1. The van der Waals surface area contributed by atoms with Gasteiger partial charge in [-0.1, -0.05) is 6.92 Å². The predicted molar refractivity (Wildman–Crippen MR) is 88.2 cm³/mol. The molecule has 0 bridgehead atoms. The quantitative estimate of drug-likeness (QED) is 0.796. The highest BCUT2D eigenvalue weighted by Gasteiger charge is 2.18. The van der Waals surface area contributed by atoms with Crippen LogP contribution in [0.15, 0.2) is 18.2 Å². The average Bonchev–Trinajstić information content (AvgIpc) is 2.42. The molecule has 0 aliphatic carbocycles. The molecule has 0 radical (unpaired) electrons. The molecule has 0 aromatic heterocycles. The molecule has 0 saturated carbocycles. The zero-order chi connectivity index (χ0) is 17.6. The number of benzene rings is 1. The first-order valence-electron chi connectivity index (χ1n) is 7.93. The van der Waals surface area contributed by atoms with Gasteiger partial charge in [0, 0.05) is 18.0 Å². The Morgan fingerprint density at radius 1 is 1.30 bits per heavy atom. The molecule has 1 atom stereocenters. The Kier molecular flexibility index (Phi) is 6.73. The Hall–Kier alpha value is -1.91. The normalized spacial score (nSPS) is 12.6. The number of Topliss-reactive ketones (excluding diaryl/α,β-unsaturated/α-hetero) is 1. The van der Waals surface area contributed by atoms with Crippen molar-refractivity contribution >= 4 is 11.9 Å². The van der Waals surface area contributed by atoms with Crippen LogP contribution in [-0.2, 0) is 11.2 Å². The third-order valence-corrected chi connectivity index (χ3v) is 3.32. The lowest BCUT2D eigenvalue weighted by Gasteiger charge is -2.21. The number of hydrogen-bond donors (Lipinski definition) is 1. The lowest BCUT2D eigenvalue weighted by molar-refractivity contribution is 0.0504. The van der Waals surface area contributed by atoms with Crippen molar-refractivity contribution in [1.29, 1.82) is 0 Å². The molecule has 0 spiro atoms. The molecule has 1 rings (SSSR count). The SMILES string of the molecule is CCc1cc(F)ccc1C(=O)CCC(C)NC(=O)OC(C)(C)C. The van der Waals surface area contributed by atoms with Crippen molar-refractivity contribution in [1.82, 2.24) is 5.32 Å². The number of carbonyl (C=O) groups excluding carboxylic acids is 2. The van der Waals surface area contributed by atoms with Crippen molar-refractivity contribution in [2.45, 2.75) is 65.5 Å². The van der Waals surface area contributed by atoms with E-state index in [1.807, 2.05) is 13.8 Å². The Morgan fingerprint density at radius 3 is 2.52 bits per heavy atom. The van der Waals surface area contributed by atoms with Gasteiger partial charge in [0.1, 0.15) is 11.4 Å². The van der Waals surface area contributed by atoms with E-state index in [0.717, 1.165) is 0 Å². The van der Waals surface area contributed by atoms with Crippen LogP contribution >= 0.6 is 0 Å². The molecule has 1 unspecified atom stereocenters. The van der Waals surface area contributed by atoms with Crippen molar-refractivity contribution in [3.63, 3.8) is 0 Å². The summed E-state index contributed by atoms with van der Waals surface area (Å²) in [5, 5.41) is 2.71. The third-order valence-electron chi connectivity index (χ3n) is 3.32. The monoisotopic (exact) mass is 323 g/mol. The van der Waals surface area contributed by atoms with Crippen LogP contribution in [0.5, 0.6) is 0 Å². The zero-order valence-electron chi connectivity index (χ0n) is 14.5. The van der Waals surface area contributed by atoms with Gasteiger partial charge in [0.2, 0.25) is 0 Å². The van der Waals surface area contributed by atoms with Crippen molar-refractivity contribution in [2.24, 2.45) is 0 Å². The molecule has 23 heavy (non-hydrogen) atoms. The van der Waals surface area contributed by atoms with Gasteiger partial charge in [-0.3, -0.25) is 4.79 Å². The number of aryl methyl sites for hydroxylation is 1. The van der Waals surface area contributed by atoms with Crippen LogP contribution in [0.2, 0.25) is 0 Å². The molecule has 1 aromatic rings. The van der Waals surface area contributed by atoms with Gasteiger partial charge in [0.05, 0.1) is 0 Å². The third kappa shape index (κ3) is 6.80. The van der Waals surface area contributed by atoms with Gasteiger partial charge >= 0.3 is 6.09 Å². The smallest absolute Gasteiger partial charge is 0.407 e. The molecular weight excluding hydrogens is 297 g/mol. The van der Waals surface area contributed by atoms with E-state index in [4.69, 9.17) is 4.74 Å². The summed E-state index contributed by atoms with van der Waals surface area (Å²) in [6.45, 7) is 9.09. The molecule has 0 aliphatic heterocycles. The van der Waals surface area contributed by atoms with E-state index < -0.39 is 11.7 Å². The standard InChI is InChI=1S/C18H26FNO3/c1-6-13-11-14(19)8-9-15(13)16(21)10-7-12(2)20-17(22)23-18(3,4)5/h8-9,11-12H,6-7,10H2,1-5H3,(H,20,22). The van der Waals surface area contributed by atoms with E-state index in [9.17, 15) is 14.0 Å². The highest BCUT2D eigenvalue weighted by atomic mass is 19.1. The summed E-state index contributed by atoms with van der Waals surface area (Å²) in [7, 11) is 0. The molecule has 0 heterocycles. The molecule has 4 nitrogen and oxygen atoms in total. The molecule has 5 heteroatoms. The fourth-order valence-electron chi connectivity index (χ4n) is 2.19. The average molecular weight is 323 g/mol. The second-order valence-electron chi connectivity index (χ2n) is 6.66. The molecule has 1 aromatic carbocycles. The number of nitrogens with one attached hydrogen (secondary N) is 1. The topological polar surface area (TPSA) is 55.4 Å². The minimum absolute atomic E-state index is 0.0420. The lowest BCUT2D eigenvalue weighted by Crippen LogP contribution is -2.37. The molecule has 0 fully saturated rings. The van der Waals surface area contributed by atoms with Crippen LogP contribution in [0.3, 0.4) is 0 Å². The second kappa shape index (κ2) is 8.09. The first-order valence-corrected chi connectivity index (χ1v) is 7.93. The number of ether oxygens (including phenoxy) is 1. The highest BCUT2D eigenvalue weighted by Crippen LogP contribution is 2.16. The van der Waals surface area contributed by atoms with E-state index in [1.165, 1.54) is 18.2 Å². The number of alkyl carbamates (subject to hydrolysis) is 1. The molecule has 0 saturated heterocycles. The van der Waals surface area contributed by atoms with Crippen LogP contribution in [0, 0.1) is 5.82 Å². The van der Waals surface area contributed by atoms with Crippen LogP contribution < -0.4 is 5.32 Å². The van der Waals surface area contributed by atoms with Crippen LogP contribution in [0.1, 0.15) is 63.4 Å². The summed E-state index contributed by atoms with van der Waals surface area (Å²) >= 11 is 0. The molecule has 1 amide bonds. The maximum Gasteiger partial charge on any atom is 0.407 e. The van der Waals surface area contributed by atoms with E-state index in [0.29, 0.717) is 24.0 Å². The van der Waals surface area contributed by atoms with Gasteiger partial charge in [0.15, 0.2) is 5.78 Å². The Balaban J connectivity index is 2.54. The number of hydrogen-bond acceptors (Lipinski definition) is 3. The molecule has 0 aliphatic rings. The minimum atomic E-state index is -0.552. The number of carbonyl (C=O) groups is 2. The van der Waals surface area contributed by atoms with Crippen molar-refractivity contribution in [2.75, 3.05) is 0 Å². The zero-order valence-corrected chi connectivity index (χ0v) is 14.5. The number of amides is 1. The molecule has 1 N–H and O–H groups in total. The highest BCUT2D eigenvalue weighted by molar-refractivity contribution is 5.97. The van der Waals surface area contributed by atoms with E-state index >= 15 is 0 Å². The summed E-state index contributed by atoms with van der Waals surface area (Å²) in [4.78, 5) is 24.0. The van der Waals surface area contributed by atoms with Gasteiger partial charge < -0.3 is 10.1 Å². The fourth-order valence-corrected chi connectivity index (χ4v) is 2.19. The Bertz CT molecular complexity index is 564.